The van der Waals surface area contributed by atoms with Crippen molar-refractivity contribution in [3.05, 3.63) is 68.0 Å². The third kappa shape index (κ3) is 2.88. The Bertz CT molecular complexity index is 639. The average Bonchev–Trinajstić information content (AvgIpc) is 2.85. The van der Waals surface area contributed by atoms with Gasteiger partial charge in [-0.1, -0.05) is 24.3 Å². The summed E-state index contributed by atoms with van der Waals surface area (Å²) in [6.45, 7) is 0. The van der Waals surface area contributed by atoms with Gasteiger partial charge in [0.05, 0.1) is 0 Å². The molecule has 0 saturated heterocycles. The summed E-state index contributed by atoms with van der Waals surface area (Å²) in [6.07, 6.45) is 4.46. The van der Waals surface area contributed by atoms with Crippen LogP contribution in [0, 0.1) is 9.39 Å². The lowest BCUT2D eigenvalue weighted by Crippen LogP contribution is -2.15. The largest absolute Gasteiger partial charge is 0.324 e. The van der Waals surface area contributed by atoms with E-state index in [1.165, 1.54) is 42.0 Å². The zero-order valence-electron chi connectivity index (χ0n) is 11.2. The van der Waals surface area contributed by atoms with E-state index in [0.717, 1.165) is 15.6 Å². The summed E-state index contributed by atoms with van der Waals surface area (Å²) in [5.41, 5.74) is 11.6. The Hall–Kier alpha value is -0.940. The predicted molar refractivity (Wildman–Crippen MR) is 88.2 cm³/mol. The van der Waals surface area contributed by atoms with Gasteiger partial charge in [-0.25, -0.2) is 4.39 Å². The topological polar surface area (TPSA) is 26.0 Å². The Morgan fingerprint density at radius 3 is 2.70 bits per heavy atom. The van der Waals surface area contributed by atoms with Crippen LogP contribution in [0.1, 0.15) is 34.7 Å². The quantitative estimate of drug-likeness (QED) is 0.794. The van der Waals surface area contributed by atoms with Crippen molar-refractivity contribution in [2.24, 2.45) is 5.73 Å². The molecule has 104 valence electrons. The minimum absolute atomic E-state index is 0.0815. The molecule has 0 spiro atoms. The number of hydrogen-bond donors (Lipinski definition) is 1. The van der Waals surface area contributed by atoms with Crippen LogP contribution >= 0.6 is 22.6 Å². The summed E-state index contributed by atoms with van der Waals surface area (Å²) in [6, 6.07) is 11.5. The van der Waals surface area contributed by atoms with E-state index >= 15 is 0 Å². The summed E-state index contributed by atoms with van der Waals surface area (Å²) in [4.78, 5) is 0. The molecule has 2 aromatic carbocycles. The standard InChI is InChI=1S/C17H17FIN/c18-14-6-7-15(16(19)10-14)17(20)9-11-4-5-12-2-1-3-13(12)8-11/h4-8,10,17H,1-3,9,20H2. The SMILES string of the molecule is NC(Cc1ccc2c(c1)CCC2)c1ccc(F)cc1I. The minimum Gasteiger partial charge on any atom is -0.324 e. The number of fused-ring (bicyclic) bond motifs is 1. The van der Waals surface area contributed by atoms with Gasteiger partial charge >= 0.3 is 0 Å². The Morgan fingerprint density at radius 1 is 1.10 bits per heavy atom. The molecule has 0 saturated carbocycles. The lowest BCUT2D eigenvalue weighted by Gasteiger charge is -2.15. The molecule has 0 fully saturated rings. The molecule has 1 aliphatic carbocycles. The van der Waals surface area contributed by atoms with E-state index in [1.54, 1.807) is 12.1 Å². The number of rotatable bonds is 3. The molecule has 20 heavy (non-hydrogen) atoms. The zero-order valence-corrected chi connectivity index (χ0v) is 13.4. The van der Waals surface area contributed by atoms with Crippen molar-refractivity contribution in [3.63, 3.8) is 0 Å². The first-order valence-corrected chi connectivity index (χ1v) is 8.02. The van der Waals surface area contributed by atoms with E-state index < -0.39 is 0 Å². The molecule has 1 atom stereocenters. The molecule has 0 bridgehead atoms. The average molecular weight is 381 g/mol. The molecule has 0 heterocycles. The van der Waals surface area contributed by atoms with Gasteiger partial charge in [-0.3, -0.25) is 0 Å². The minimum atomic E-state index is -0.206. The monoisotopic (exact) mass is 381 g/mol. The van der Waals surface area contributed by atoms with E-state index in [9.17, 15) is 4.39 Å². The Balaban J connectivity index is 1.80. The van der Waals surface area contributed by atoms with Gasteiger partial charge in [0.15, 0.2) is 0 Å². The molecule has 2 N–H and O–H groups in total. The van der Waals surface area contributed by atoms with Crippen LogP contribution in [0.3, 0.4) is 0 Å². The first kappa shape index (κ1) is 14.0. The molecule has 0 radical (unpaired) electrons. The highest BCUT2D eigenvalue weighted by molar-refractivity contribution is 14.1. The van der Waals surface area contributed by atoms with Crippen molar-refractivity contribution in [1.82, 2.24) is 0 Å². The highest BCUT2D eigenvalue weighted by Crippen LogP contribution is 2.26. The van der Waals surface area contributed by atoms with Crippen LogP contribution in [0.25, 0.3) is 0 Å². The van der Waals surface area contributed by atoms with Crippen molar-refractivity contribution < 1.29 is 4.39 Å². The van der Waals surface area contributed by atoms with Crippen LogP contribution < -0.4 is 5.73 Å². The summed E-state index contributed by atoms with van der Waals surface area (Å²) < 4.78 is 14.0. The van der Waals surface area contributed by atoms with Crippen LogP contribution in [0.4, 0.5) is 4.39 Å². The first-order chi connectivity index (χ1) is 9.63. The predicted octanol–water partition coefficient (Wildman–Crippen LogP) is 4.16. The van der Waals surface area contributed by atoms with Crippen LogP contribution in [0.5, 0.6) is 0 Å². The number of benzene rings is 2. The molecular formula is C17H17FIN. The van der Waals surface area contributed by atoms with Gasteiger partial charge in [0, 0.05) is 9.61 Å². The van der Waals surface area contributed by atoms with E-state index in [2.05, 4.69) is 40.8 Å². The van der Waals surface area contributed by atoms with Crippen molar-refractivity contribution in [2.45, 2.75) is 31.7 Å². The van der Waals surface area contributed by atoms with E-state index in [1.807, 2.05) is 0 Å². The van der Waals surface area contributed by atoms with Crippen molar-refractivity contribution in [1.29, 1.82) is 0 Å². The normalized spacial score (nSPS) is 15.2. The number of hydrogen-bond acceptors (Lipinski definition) is 1. The molecule has 1 nitrogen and oxygen atoms in total. The van der Waals surface area contributed by atoms with Crippen LogP contribution in [0.2, 0.25) is 0 Å². The maximum absolute atomic E-state index is 13.1. The number of aryl methyl sites for hydroxylation is 2. The smallest absolute Gasteiger partial charge is 0.124 e. The van der Waals surface area contributed by atoms with Crippen LogP contribution in [0.15, 0.2) is 36.4 Å². The maximum atomic E-state index is 13.1. The second-order valence-corrected chi connectivity index (χ2v) is 6.60. The molecule has 0 aliphatic heterocycles. The summed E-state index contributed by atoms with van der Waals surface area (Å²) in [5, 5.41) is 0. The third-order valence-electron chi connectivity index (χ3n) is 3.98. The van der Waals surface area contributed by atoms with Crippen molar-refractivity contribution in [3.8, 4) is 0 Å². The molecule has 0 aromatic heterocycles. The molecular weight excluding hydrogens is 364 g/mol. The highest BCUT2D eigenvalue weighted by atomic mass is 127. The fourth-order valence-electron chi connectivity index (χ4n) is 2.92. The molecule has 1 unspecified atom stereocenters. The highest BCUT2D eigenvalue weighted by Gasteiger charge is 2.14. The summed E-state index contributed by atoms with van der Waals surface area (Å²) in [7, 11) is 0. The maximum Gasteiger partial charge on any atom is 0.124 e. The third-order valence-corrected chi connectivity index (χ3v) is 4.91. The van der Waals surface area contributed by atoms with Gasteiger partial charge in [0.1, 0.15) is 5.82 Å². The lowest BCUT2D eigenvalue weighted by molar-refractivity contribution is 0.622. The van der Waals surface area contributed by atoms with Gasteiger partial charge < -0.3 is 5.73 Å². The van der Waals surface area contributed by atoms with Crippen LogP contribution in [-0.4, -0.2) is 0 Å². The van der Waals surface area contributed by atoms with Crippen molar-refractivity contribution >= 4 is 22.6 Å². The Morgan fingerprint density at radius 2 is 1.90 bits per heavy atom. The molecule has 3 rings (SSSR count). The summed E-state index contributed by atoms with van der Waals surface area (Å²) in [5.74, 6) is -0.206. The second kappa shape index (κ2) is 5.82. The van der Waals surface area contributed by atoms with Gasteiger partial charge in [-0.2, -0.15) is 0 Å². The van der Waals surface area contributed by atoms with Crippen molar-refractivity contribution in [2.75, 3.05) is 0 Å². The Kier molecular flexibility index (Phi) is 4.08. The zero-order chi connectivity index (χ0) is 14.1. The molecule has 1 aliphatic rings. The van der Waals surface area contributed by atoms with Gasteiger partial charge in [-0.05, 0) is 82.7 Å². The number of nitrogens with two attached hydrogens (primary N) is 1. The Labute approximate surface area is 132 Å². The van der Waals surface area contributed by atoms with E-state index in [4.69, 9.17) is 5.73 Å². The fourth-order valence-corrected chi connectivity index (χ4v) is 3.80. The van der Waals surface area contributed by atoms with Gasteiger partial charge in [0.2, 0.25) is 0 Å². The van der Waals surface area contributed by atoms with Gasteiger partial charge in [-0.15, -0.1) is 0 Å². The lowest BCUT2D eigenvalue weighted by atomic mass is 9.97. The van der Waals surface area contributed by atoms with Gasteiger partial charge in [0.25, 0.3) is 0 Å². The molecule has 0 amide bonds. The molecule has 2 aromatic rings. The molecule has 3 heteroatoms. The van der Waals surface area contributed by atoms with E-state index in [-0.39, 0.29) is 11.9 Å². The second-order valence-electron chi connectivity index (χ2n) is 5.43. The van der Waals surface area contributed by atoms with Crippen LogP contribution in [-0.2, 0) is 19.3 Å². The summed E-state index contributed by atoms with van der Waals surface area (Å²) >= 11 is 2.15. The van der Waals surface area contributed by atoms with E-state index in [0.29, 0.717) is 0 Å². The number of halogens is 2. The first-order valence-electron chi connectivity index (χ1n) is 6.94. The fraction of sp³-hybridized carbons (Fsp3) is 0.294.